The van der Waals surface area contributed by atoms with Gasteiger partial charge >= 0.3 is 0 Å². The Morgan fingerprint density at radius 2 is 1.75 bits per heavy atom. The van der Waals surface area contributed by atoms with Crippen LogP contribution in [0.5, 0.6) is 0 Å². The molecule has 1 unspecified atom stereocenters. The van der Waals surface area contributed by atoms with E-state index in [1.807, 2.05) is 18.2 Å². The van der Waals surface area contributed by atoms with Gasteiger partial charge in [-0.3, -0.25) is 0 Å². The van der Waals surface area contributed by atoms with Gasteiger partial charge in [-0.25, -0.2) is 4.39 Å². The summed E-state index contributed by atoms with van der Waals surface area (Å²) in [5, 5.41) is 0. The van der Waals surface area contributed by atoms with Crippen LogP contribution in [-0.2, 0) is 11.8 Å². The fourth-order valence-corrected chi connectivity index (χ4v) is 2.53. The third-order valence-electron chi connectivity index (χ3n) is 3.51. The molecule has 0 aliphatic carbocycles. The van der Waals surface area contributed by atoms with E-state index in [9.17, 15) is 4.39 Å². The van der Waals surface area contributed by atoms with Crippen molar-refractivity contribution in [2.75, 3.05) is 0 Å². The average molecular weight is 271 g/mol. The van der Waals surface area contributed by atoms with E-state index in [1.54, 1.807) is 12.1 Å². The quantitative estimate of drug-likeness (QED) is 0.881. The summed E-state index contributed by atoms with van der Waals surface area (Å²) in [6.07, 6.45) is 0.644. The van der Waals surface area contributed by atoms with Crippen molar-refractivity contribution in [2.45, 2.75) is 38.6 Å². The Morgan fingerprint density at radius 3 is 2.40 bits per heavy atom. The lowest BCUT2D eigenvalue weighted by molar-refractivity contribution is 0.568. The van der Waals surface area contributed by atoms with Crippen LogP contribution in [0, 0.1) is 5.82 Å². The first-order chi connectivity index (χ1) is 9.38. The van der Waals surface area contributed by atoms with Gasteiger partial charge in [-0.15, -0.1) is 0 Å². The monoisotopic (exact) mass is 271 g/mol. The highest BCUT2D eigenvalue weighted by atomic mass is 19.1. The second kappa shape index (κ2) is 5.76. The molecule has 0 aliphatic rings. The largest absolute Gasteiger partial charge is 0.324 e. The van der Waals surface area contributed by atoms with Gasteiger partial charge in [0.15, 0.2) is 0 Å². The molecule has 0 saturated carbocycles. The summed E-state index contributed by atoms with van der Waals surface area (Å²) in [4.78, 5) is 0. The van der Waals surface area contributed by atoms with Crippen molar-refractivity contribution in [1.82, 2.24) is 0 Å². The molecule has 106 valence electrons. The zero-order valence-electron chi connectivity index (χ0n) is 12.4. The van der Waals surface area contributed by atoms with E-state index in [4.69, 9.17) is 5.73 Å². The summed E-state index contributed by atoms with van der Waals surface area (Å²) < 4.78 is 13.2. The maximum Gasteiger partial charge on any atom is 0.123 e. The maximum atomic E-state index is 13.2. The second-order valence-corrected chi connectivity index (χ2v) is 6.28. The molecule has 1 nitrogen and oxygen atoms in total. The zero-order valence-corrected chi connectivity index (χ0v) is 12.4. The predicted octanol–water partition coefficient (Wildman–Crippen LogP) is 4.37. The minimum absolute atomic E-state index is 0.0517. The molecule has 0 fully saturated rings. The molecule has 2 rings (SSSR count). The third-order valence-corrected chi connectivity index (χ3v) is 3.51. The number of benzene rings is 2. The lowest BCUT2D eigenvalue weighted by atomic mass is 9.81. The third kappa shape index (κ3) is 3.45. The topological polar surface area (TPSA) is 26.0 Å². The molecule has 0 radical (unpaired) electrons. The molecule has 0 saturated heterocycles. The lowest BCUT2D eigenvalue weighted by Crippen LogP contribution is -2.21. The van der Waals surface area contributed by atoms with Crippen molar-refractivity contribution in [2.24, 2.45) is 5.73 Å². The van der Waals surface area contributed by atoms with Gasteiger partial charge in [-0.1, -0.05) is 57.2 Å². The van der Waals surface area contributed by atoms with E-state index in [0.717, 1.165) is 11.1 Å². The summed E-state index contributed by atoms with van der Waals surface area (Å²) in [7, 11) is 0. The first-order valence-electron chi connectivity index (χ1n) is 6.97. The Hall–Kier alpha value is -1.67. The number of hydrogen-bond donors (Lipinski definition) is 1. The minimum atomic E-state index is -0.209. The molecule has 0 bridgehead atoms. The molecule has 1 atom stereocenters. The van der Waals surface area contributed by atoms with Crippen LogP contribution in [0.3, 0.4) is 0 Å². The molecule has 20 heavy (non-hydrogen) atoms. The molecule has 2 heteroatoms. The zero-order chi connectivity index (χ0) is 14.8. The van der Waals surface area contributed by atoms with Crippen LogP contribution in [0.25, 0.3) is 0 Å². The molecule has 2 N–H and O–H groups in total. The molecular weight excluding hydrogens is 249 g/mol. The standard InChI is InChI=1S/C18H22FN/c1-18(2,3)16-10-5-4-9-15(16)17(20)12-13-7-6-8-14(19)11-13/h4-11,17H,12,20H2,1-3H3. The second-order valence-electron chi connectivity index (χ2n) is 6.28. The summed E-state index contributed by atoms with van der Waals surface area (Å²) in [5.74, 6) is -0.209. The van der Waals surface area contributed by atoms with E-state index in [-0.39, 0.29) is 17.3 Å². The van der Waals surface area contributed by atoms with E-state index >= 15 is 0 Å². The molecule has 2 aromatic rings. The van der Waals surface area contributed by atoms with Crippen LogP contribution in [0.2, 0.25) is 0 Å². The Kier molecular flexibility index (Phi) is 4.24. The molecule has 0 heterocycles. The minimum Gasteiger partial charge on any atom is -0.324 e. The Labute approximate surface area is 120 Å². The Balaban J connectivity index is 2.28. The normalized spacial score (nSPS) is 13.2. The van der Waals surface area contributed by atoms with Crippen molar-refractivity contribution < 1.29 is 4.39 Å². The first-order valence-corrected chi connectivity index (χ1v) is 6.97. The van der Waals surface area contributed by atoms with Crippen LogP contribution in [-0.4, -0.2) is 0 Å². The van der Waals surface area contributed by atoms with Gasteiger partial charge in [0.1, 0.15) is 5.82 Å². The summed E-state index contributed by atoms with van der Waals surface area (Å²) in [5.41, 5.74) is 9.73. The van der Waals surface area contributed by atoms with Gasteiger partial charge in [0, 0.05) is 6.04 Å². The number of nitrogens with two attached hydrogens (primary N) is 1. The Bertz CT molecular complexity index is 584. The highest BCUT2D eigenvalue weighted by Crippen LogP contribution is 2.30. The maximum absolute atomic E-state index is 13.2. The smallest absolute Gasteiger partial charge is 0.123 e. The summed E-state index contributed by atoms with van der Waals surface area (Å²) in [6, 6.07) is 14.8. The fourth-order valence-electron chi connectivity index (χ4n) is 2.53. The van der Waals surface area contributed by atoms with Crippen LogP contribution in [0.1, 0.15) is 43.5 Å². The van der Waals surface area contributed by atoms with Gasteiger partial charge in [0.05, 0.1) is 0 Å². The van der Waals surface area contributed by atoms with Crippen LogP contribution in [0.15, 0.2) is 48.5 Å². The molecule has 2 aromatic carbocycles. The van der Waals surface area contributed by atoms with Crippen molar-refractivity contribution in [3.63, 3.8) is 0 Å². The van der Waals surface area contributed by atoms with Crippen molar-refractivity contribution in [3.05, 3.63) is 71.0 Å². The van der Waals surface area contributed by atoms with Crippen molar-refractivity contribution in [3.8, 4) is 0 Å². The average Bonchev–Trinajstić information content (AvgIpc) is 2.37. The highest BCUT2D eigenvalue weighted by Gasteiger charge is 2.20. The summed E-state index contributed by atoms with van der Waals surface area (Å²) in [6.45, 7) is 6.54. The number of halogens is 1. The molecule has 0 spiro atoms. The van der Waals surface area contributed by atoms with Gasteiger partial charge in [-0.2, -0.15) is 0 Å². The van der Waals surface area contributed by atoms with Gasteiger partial charge in [0.25, 0.3) is 0 Å². The predicted molar refractivity (Wildman–Crippen MR) is 82.2 cm³/mol. The highest BCUT2D eigenvalue weighted by molar-refractivity contribution is 5.36. The Morgan fingerprint density at radius 1 is 1.05 bits per heavy atom. The van der Waals surface area contributed by atoms with Gasteiger partial charge in [0.2, 0.25) is 0 Å². The number of rotatable bonds is 3. The van der Waals surface area contributed by atoms with Crippen molar-refractivity contribution in [1.29, 1.82) is 0 Å². The van der Waals surface area contributed by atoms with E-state index in [1.165, 1.54) is 11.6 Å². The van der Waals surface area contributed by atoms with Gasteiger partial charge < -0.3 is 5.73 Å². The van der Waals surface area contributed by atoms with E-state index < -0.39 is 0 Å². The lowest BCUT2D eigenvalue weighted by Gasteiger charge is -2.26. The van der Waals surface area contributed by atoms with E-state index in [0.29, 0.717) is 6.42 Å². The van der Waals surface area contributed by atoms with Crippen LogP contribution in [0.4, 0.5) is 4.39 Å². The van der Waals surface area contributed by atoms with Crippen LogP contribution >= 0.6 is 0 Å². The van der Waals surface area contributed by atoms with Crippen molar-refractivity contribution >= 4 is 0 Å². The number of hydrogen-bond acceptors (Lipinski definition) is 1. The summed E-state index contributed by atoms with van der Waals surface area (Å²) >= 11 is 0. The molecule has 0 aromatic heterocycles. The fraction of sp³-hybridized carbons (Fsp3) is 0.333. The first kappa shape index (κ1) is 14.7. The SMILES string of the molecule is CC(C)(C)c1ccccc1C(N)Cc1cccc(F)c1. The molecule has 0 aliphatic heterocycles. The van der Waals surface area contributed by atoms with Gasteiger partial charge in [-0.05, 0) is 40.7 Å². The molecular formula is C18H22FN. The molecule has 0 amide bonds. The van der Waals surface area contributed by atoms with Crippen LogP contribution < -0.4 is 5.73 Å². The van der Waals surface area contributed by atoms with E-state index in [2.05, 4.69) is 32.9 Å².